The molecule has 1 aliphatic rings. The van der Waals surface area contributed by atoms with Crippen molar-refractivity contribution in [3.05, 3.63) is 0 Å². The van der Waals surface area contributed by atoms with Crippen molar-refractivity contribution in [1.82, 2.24) is 0 Å². The van der Waals surface area contributed by atoms with Gasteiger partial charge in [0.05, 0.1) is 6.10 Å². The second kappa shape index (κ2) is 4.06. The van der Waals surface area contributed by atoms with Gasteiger partial charge in [0.25, 0.3) is 0 Å². The fraction of sp³-hybridized carbons (Fsp3) is 0.818. The minimum absolute atomic E-state index is 0.213. The Morgan fingerprint density at radius 3 is 2.57 bits per heavy atom. The van der Waals surface area contributed by atoms with E-state index in [1.54, 1.807) is 0 Å². The number of hydrogen-bond acceptors (Lipinski definition) is 2. The number of ether oxygens (including phenoxy) is 1. The van der Waals surface area contributed by atoms with Crippen molar-refractivity contribution >= 4 is 8.07 Å². The zero-order valence-corrected chi connectivity index (χ0v) is 10.6. The van der Waals surface area contributed by atoms with Gasteiger partial charge in [-0.25, -0.2) is 0 Å². The molecular weight excluding hydrogens is 192 g/mol. The molecule has 0 saturated carbocycles. The zero-order valence-electron chi connectivity index (χ0n) is 9.55. The lowest BCUT2D eigenvalue weighted by Gasteiger charge is -2.04. The standard InChI is InChI=1S/C11H20O2Si/c1-11(7-9-14(2,3)4)10(13-11)6-5-8-12/h10,12H,5-6,8H2,1-4H3/t10-,11-/m0/s1. The Morgan fingerprint density at radius 1 is 1.43 bits per heavy atom. The maximum atomic E-state index is 8.69. The van der Waals surface area contributed by atoms with Crippen LogP contribution in [0, 0.1) is 11.5 Å². The maximum absolute atomic E-state index is 8.69. The van der Waals surface area contributed by atoms with Crippen LogP contribution in [0.2, 0.25) is 19.6 Å². The van der Waals surface area contributed by atoms with Crippen molar-refractivity contribution in [2.75, 3.05) is 6.61 Å². The van der Waals surface area contributed by atoms with Crippen molar-refractivity contribution in [1.29, 1.82) is 0 Å². The van der Waals surface area contributed by atoms with E-state index in [0.29, 0.717) is 0 Å². The summed E-state index contributed by atoms with van der Waals surface area (Å²) in [7, 11) is -1.28. The molecule has 1 fully saturated rings. The minimum Gasteiger partial charge on any atom is -0.396 e. The van der Waals surface area contributed by atoms with Gasteiger partial charge in [0.1, 0.15) is 8.07 Å². The molecule has 1 heterocycles. The third-order valence-electron chi connectivity index (χ3n) is 2.25. The summed E-state index contributed by atoms with van der Waals surface area (Å²) >= 11 is 0. The van der Waals surface area contributed by atoms with Gasteiger partial charge in [0, 0.05) is 6.61 Å². The Labute approximate surface area is 87.7 Å². The normalized spacial score (nSPS) is 30.8. The average molecular weight is 212 g/mol. The van der Waals surface area contributed by atoms with Crippen LogP contribution in [0.25, 0.3) is 0 Å². The molecule has 0 unspecified atom stereocenters. The van der Waals surface area contributed by atoms with Gasteiger partial charge in [-0.1, -0.05) is 25.6 Å². The Bertz CT molecular complexity index is 259. The predicted molar refractivity (Wildman–Crippen MR) is 60.7 cm³/mol. The van der Waals surface area contributed by atoms with E-state index in [4.69, 9.17) is 9.84 Å². The summed E-state index contributed by atoms with van der Waals surface area (Å²) in [6.07, 6.45) is 1.99. The van der Waals surface area contributed by atoms with E-state index in [9.17, 15) is 0 Å². The van der Waals surface area contributed by atoms with Gasteiger partial charge >= 0.3 is 0 Å². The fourth-order valence-electron chi connectivity index (χ4n) is 1.29. The number of aliphatic hydroxyl groups excluding tert-OH is 1. The van der Waals surface area contributed by atoms with Crippen molar-refractivity contribution in [3.8, 4) is 11.5 Å². The van der Waals surface area contributed by atoms with Gasteiger partial charge in [0.2, 0.25) is 0 Å². The van der Waals surface area contributed by atoms with Gasteiger partial charge in [-0.2, -0.15) is 0 Å². The Morgan fingerprint density at radius 2 is 2.07 bits per heavy atom. The highest BCUT2D eigenvalue weighted by atomic mass is 28.3. The molecule has 1 saturated heterocycles. The Kier molecular flexibility index (Phi) is 3.41. The first-order chi connectivity index (χ1) is 6.37. The molecule has 1 rings (SSSR count). The molecule has 80 valence electrons. The van der Waals surface area contributed by atoms with Crippen LogP contribution in [0.3, 0.4) is 0 Å². The molecule has 2 atom stereocenters. The molecule has 0 bridgehead atoms. The van der Waals surface area contributed by atoms with Crippen molar-refractivity contribution in [2.45, 2.75) is 51.1 Å². The highest BCUT2D eigenvalue weighted by Crippen LogP contribution is 2.38. The van der Waals surface area contributed by atoms with Gasteiger partial charge < -0.3 is 9.84 Å². The van der Waals surface area contributed by atoms with Crippen LogP contribution in [0.1, 0.15) is 19.8 Å². The highest BCUT2D eigenvalue weighted by Gasteiger charge is 2.50. The zero-order chi connectivity index (χ0) is 10.8. The molecule has 0 aliphatic carbocycles. The van der Waals surface area contributed by atoms with E-state index < -0.39 is 8.07 Å². The second-order valence-electron chi connectivity index (χ2n) is 5.08. The van der Waals surface area contributed by atoms with Crippen LogP contribution in [-0.4, -0.2) is 31.5 Å². The predicted octanol–water partition coefficient (Wildman–Crippen LogP) is 1.80. The monoisotopic (exact) mass is 212 g/mol. The minimum atomic E-state index is -1.28. The van der Waals surface area contributed by atoms with E-state index in [0.717, 1.165) is 12.8 Å². The van der Waals surface area contributed by atoms with Gasteiger partial charge in [-0.15, -0.1) is 5.54 Å². The Hall–Kier alpha value is -0.303. The second-order valence-corrected chi connectivity index (χ2v) is 9.83. The molecule has 0 radical (unpaired) electrons. The molecule has 3 heteroatoms. The summed E-state index contributed by atoms with van der Waals surface area (Å²) in [5, 5.41) is 8.69. The SMILES string of the molecule is C[C@@]1(C#C[Si](C)(C)C)O[C@H]1CCCO. The van der Waals surface area contributed by atoms with Gasteiger partial charge in [-0.05, 0) is 19.8 Å². The molecular formula is C11H20O2Si. The summed E-state index contributed by atoms with van der Waals surface area (Å²) in [6, 6.07) is 0. The molecule has 0 amide bonds. The molecule has 1 N–H and O–H groups in total. The van der Waals surface area contributed by atoms with Gasteiger partial charge in [-0.3, -0.25) is 0 Å². The molecule has 0 aromatic heterocycles. The van der Waals surface area contributed by atoms with E-state index in [-0.39, 0.29) is 18.3 Å². The van der Waals surface area contributed by atoms with Crippen molar-refractivity contribution in [2.24, 2.45) is 0 Å². The van der Waals surface area contributed by atoms with Gasteiger partial charge in [0.15, 0.2) is 5.60 Å². The number of epoxide rings is 1. The lowest BCUT2D eigenvalue weighted by atomic mass is 10.1. The van der Waals surface area contributed by atoms with Crippen LogP contribution in [0.15, 0.2) is 0 Å². The first kappa shape index (κ1) is 11.8. The third-order valence-corrected chi connectivity index (χ3v) is 3.13. The summed E-state index contributed by atoms with van der Waals surface area (Å²) < 4.78 is 5.54. The number of aliphatic hydroxyl groups is 1. The summed E-state index contributed by atoms with van der Waals surface area (Å²) in [4.78, 5) is 0. The first-order valence-corrected chi connectivity index (χ1v) is 8.70. The lowest BCUT2D eigenvalue weighted by molar-refractivity contribution is 0.271. The first-order valence-electron chi connectivity index (χ1n) is 5.20. The molecule has 1 aliphatic heterocycles. The molecule has 0 spiro atoms. The third kappa shape index (κ3) is 3.45. The van der Waals surface area contributed by atoms with Crippen molar-refractivity contribution in [3.63, 3.8) is 0 Å². The molecule has 14 heavy (non-hydrogen) atoms. The molecule has 0 aromatic carbocycles. The lowest BCUT2D eigenvalue weighted by Crippen LogP contribution is -2.18. The number of rotatable bonds is 3. The average Bonchev–Trinajstić information content (AvgIpc) is 2.70. The Balaban J connectivity index is 2.43. The van der Waals surface area contributed by atoms with E-state index in [2.05, 4.69) is 31.1 Å². The van der Waals surface area contributed by atoms with Crippen LogP contribution < -0.4 is 0 Å². The van der Waals surface area contributed by atoms with E-state index >= 15 is 0 Å². The molecule has 2 nitrogen and oxygen atoms in total. The quantitative estimate of drug-likeness (QED) is 0.439. The summed E-state index contributed by atoms with van der Waals surface area (Å²) in [6.45, 7) is 8.98. The fourth-order valence-corrected chi connectivity index (χ4v) is 1.92. The van der Waals surface area contributed by atoms with Crippen LogP contribution in [0.4, 0.5) is 0 Å². The highest BCUT2D eigenvalue weighted by molar-refractivity contribution is 6.83. The number of hydrogen-bond donors (Lipinski definition) is 1. The maximum Gasteiger partial charge on any atom is 0.151 e. The molecule has 0 aromatic rings. The topological polar surface area (TPSA) is 32.8 Å². The summed E-state index contributed by atoms with van der Waals surface area (Å²) in [5.74, 6) is 3.24. The van der Waals surface area contributed by atoms with E-state index in [1.165, 1.54) is 0 Å². The summed E-state index contributed by atoms with van der Waals surface area (Å²) in [5.41, 5.74) is 3.12. The largest absolute Gasteiger partial charge is 0.396 e. The van der Waals surface area contributed by atoms with Crippen LogP contribution in [0.5, 0.6) is 0 Å². The van der Waals surface area contributed by atoms with E-state index in [1.807, 2.05) is 6.92 Å². The van der Waals surface area contributed by atoms with Crippen molar-refractivity contribution < 1.29 is 9.84 Å². The van der Waals surface area contributed by atoms with Crippen LogP contribution in [-0.2, 0) is 4.74 Å². The van der Waals surface area contributed by atoms with Crippen LogP contribution >= 0.6 is 0 Å². The smallest absolute Gasteiger partial charge is 0.151 e.